The summed E-state index contributed by atoms with van der Waals surface area (Å²) in [6.45, 7) is 8.40. The Kier molecular flexibility index (Phi) is 7.82. The van der Waals surface area contributed by atoms with E-state index in [9.17, 15) is 0 Å². The molecule has 0 aliphatic carbocycles. The lowest BCUT2D eigenvalue weighted by molar-refractivity contribution is 0.367. The monoisotopic (exact) mass is 484 g/mol. The molecule has 0 radical (unpaired) electrons. The molecule has 7 heteroatoms. The highest BCUT2D eigenvalue weighted by atomic mass is 127. The second-order valence-corrected chi connectivity index (χ2v) is 6.49. The number of ether oxygens (including phenoxy) is 1. The number of nitrogens with zero attached hydrogens (tertiary/aromatic N) is 3. The van der Waals surface area contributed by atoms with Gasteiger partial charge in [0, 0.05) is 45.3 Å². The Morgan fingerprint density at radius 3 is 2.48 bits per heavy atom. The zero-order chi connectivity index (χ0) is 18.5. The van der Waals surface area contributed by atoms with Crippen LogP contribution in [0.2, 0.25) is 0 Å². The quantitative estimate of drug-likeness (QED) is 0.410. The molecule has 27 heavy (non-hydrogen) atoms. The van der Waals surface area contributed by atoms with Crippen LogP contribution in [0.1, 0.15) is 17.1 Å². The van der Waals surface area contributed by atoms with Crippen molar-refractivity contribution in [3.63, 3.8) is 0 Å². The van der Waals surface area contributed by atoms with Crippen LogP contribution in [0.25, 0.3) is 0 Å². The number of halogens is 1. The zero-order valence-corrected chi connectivity index (χ0v) is 18.8. The van der Waals surface area contributed by atoms with Gasteiger partial charge in [-0.2, -0.15) is 0 Å². The number of anilines is 1. The molecule has 6 nitrogen and oxygen atoms in total. The van der Waals surface area contributed by atoms with Crippen LogP contribution in [-0.2, 0) is 6.54 Å². The Hall–Kier alpha value is -1.90. The summed E-state index contributed by atoms with van der Waals surface area (Å²) in [5.41, 5.74) is 2.33. The number of para-hydroxylation sites is 2. The highest BCUT2D eigenvalue weighted by Gasteiger charge is 2.21. The van der Waals surface area contributed by atoms with Gasteiger partial charge in [-0.25, -0.2) is 0 Å². The third-order valence-corrected chi connectivity index (χ3v) is 4.80. The molecule has 0 unspecified atom stereocenters. The number of rotatable bonds is 4. The Balaban J connectivity index is 0.00000261. The van der Waals surface area contributed by atoms with E-state index in [0.717, 1.165) is 61.6 Å². The normalized spacial score (nSPS) is 14.7. The number of aliphatic imine (C=N–C) groups is 1. The maximum absolute atomic E-state index is 5.60. The molecule has 1 fully saturated rings. The summed E-state index contributed by atoms with van der Waals surface area (Å²) in [6.07, 6.45) is 0. The predicted octanol–water partition coefficient (Wildman–Crippen LogP) is 3.42. The molecule has 0 saturated carbocycles. The van der Waals surface area contributed by atoms with Crippen molar-refractivity contribution in [3.05, 3.63) is 47.4 Å². The standard InChI is InChI=1S/C20H28N4O2.HI/c1-15-13-17(16(2)26-15)14-22-20(21-3)24-11-9-23(10-12-24)18-7-5-6-8-19(18)25-4;/h5-8,13H,9-12,14H2,1-4H3,(H,21,22);1H. The predicted molar refractivity (Wildman–Crippen MR) is 121 cm³/mol. The maximum Gasteiger partial charge on any atom is 0.194 e. The fourth-order valence-electron chi connectivity index (χ4n) is 3.42. The van der Waals surface area contributed by atoms with Gasteiger partial charge in [0.25, 0.3) is 0 Å². The lowest BCUT2D eigenvalue weighted by Crippen LogP contribution is -2.52. The third kappa shape index (κ3) is 5.09. The van der Waals surface area contributed by atoms with Crippen molar-refractivity contribution < 1.29 is 9.15 Å². The summed E-state index contributed by atoms with van der Waals surface area (Å²) in [5.74, 6) is 3.77. The Morgan fingerprint density at radius 2 is 1.89 bits per heavy atom. The molecule has 0 spiro atoms. The number of piperazine rings is 1. The Bertz CT molecular complexity index is 767. The van der Waals surface area contributed by atoms with Crippen LogP contribution in [-0.4, -0.2) is 51.2 Å². The van der Waals surface area contributed by atoms with Gasteiger partial charge in [-0.15, -0.1) is 24.0 Å². The van der Waals surface area contributed by atoms with Gasteiger partial charge in [-0.3, -0.25) is 4.99 Å². The SMILES string of the molecule is CN=C(NCc1cc(C)oc1C)N1CCN(c2ccccc2OC)CC1.I. The molecule has 1 aromatic carbocycles. The van der Waals surface area contributed by atoms with E-state index in [4.69, 9.17) is 9.15 Å². The van der Waals surface area contributed by atoms with Gasteiger partial charge >= 0.3 is 0 Å². The lowest BCUT2D eigenvalue weighted by Gasteiger charge is -2.38. The minimum Gasteiger partial charge on any atom is -0.495 e. The molecule has 2 aromatic rings. The molecule has 0 atom stereocenters. The summed E-state index contributed by atoms with van der Waals surface area (Å²) in [7, 11) is 3.56. The highest BCUT2D eigenvalue weighted by molar-refractivity contribution is 14.0. The van der Waals surface area contributed by atoms with E-state index in [1.165, 1.54) is 5.56 Å². The van der Waals surface area contributed by atoms with Crippen molar-refractivity contribution in [1.29, 1.82) is 0 Å². The first-order valence-corrected chi connectivity index (χ1v) is 9.02. The highest BCUT2D eigenvalue weighted by Crippen LogP contribution is 2.28. The number of aryl methyl sites for hydroxylation is 2. The van der Waals surface area contributed by atoms with E-state index in [-0.39, 0.29) is 24.0 Å². The molecule has 1 aliphatic heterocycles. The van der Waals surface area contributed by atoms with Gasteiger partial charge in [-0.05, 0) is 32.0 Å². The summed E-state index contributed by atoms with van der Waals surface area (Å²) in [6, 6.07) is 10.3. The lowest BCUT2D eigenvalue weighted by atomic mass is 10.2. The molecular weight excluding hydrogens is 455 g/mol. The molecule has 0 amide bonds. The smallest absolute Gasteiger partial charge is 0.194 e. The topological polar surface area (TPSA) is 53.2 Å². The molecule has 148 valence electrons. The summed E-state index contributed by atoms with van der Waals surface area (Å²) >= 11 is 0. The molecule has 1 aromatic heterocycles. The number of methoxy groups -OCH3 is 1. The van der Waals surface area contributed by atoms with Crippen LogP contribution in [0.5, 0.6) is 5.75 Å². The maximum atomic E-state index is 5.60. The van der Waals surface area contributed by atoms with Gasteiger partial charge in [0.15, 0.2) is 5.96 Å². The zero-order valence-electron chi connectivity index (χ0n) is 16.5. The first-order chi connectivity index (χ1) is 12.6. The first-order valence-electron chi connectivity index (χ1n) is 9.02. The molecule has 1 aliphatic rings. The average molecular weight is 484 g/mol. The van der Waals surface area contributed by atoms with Crippen molar-refractivity contribution in [2.24, 2.45) is 4.99 Å². The van der Waals surface area contributed by atoms with E-state index in [0.29, 0.717) is 0 Å². The minimum atomic E-state index is 0. The summed E-state index contributed by atoms with van der Waals surface area (Å²) in [4.78, 5) is 9.12. The second-order valence-electron chi connectivity index (χ2n) is 6.49. The van der Waals surface area contributed by atoms with Gasteiger partial charge in [0.1, 0.15) is 17.3 Å². The van der Waals surface area contributed by atoms with Gasteiger partial charge in [-0.1, -0.05) is 12.1 Å². The van der Waals surface area contributed by atoms with Crippen LogP contribution in [0.3, 0.4) is 0 Å². The number of benzene rings is 1. The second kappa shape index (κ2) is 9.87. The number of hydrogen-bond donors (Lipinski definition) is 1. The van der Waals surface area contributed by atoms with Gasteiger partial charge < -0.3 is 24.3 Å². The number of furan rings is 1. The van der Waals surface area contributed by atoms with Crippen LogP contribution in [0.4, 0.5) is 5.69 Å². The molecule has 0 bridgehead atoms. The fourth-order valence-corrected chi connectivity index (χ4v) is 3.42. The number of hydrogen-bond acceptors (Lipinski definition) is 4. The molecule has 3 rings (SSSR count). The Labute approximate surface area is 178 Å². The summed E-state index contributed by atoms with van der Waals surface area (Å²) in [5, 5.41) is 3.46. The van der Waals surface area contributed by atoms with Crippen LogP contribution in [0.15, 0.2) is 39.7 Å². The average Bonchev–Trinajstić information content (AvgIpc) is 3.00. The van der Waals surface area contributed by atoms with Gasteiger partial charge in [0.2, 0.25) is 0 Å². The molecular formula is C20H29IN4O2. The van der Waals surface area contributed by atoms with Crippen molar-refractivity contribution in [1.82, 2.24) is 10.2 Å². The largest absolute Gasteiger partial charge is 0.495 e. The first kappa shape index (κ1) is 21.4. The molecule has 2 heterocycles. The number of nitrogens with one attached hydrogen (secondary N) is 1. The molecule has 1 N–H and O–H groups in total. The van der Waals surface area contributed by atoms with E-state index < -0.39 is 0 Å². The van der Waals surface area contributed by atoms with E-state index in [1.54, 1.807) is 7.11 Å². The minimum absolute atomic E-state index is 0. The summed E-state index contributed by atoms with van der Waals surface area (Å²) < 4.78 is 11.1. The van der Waals surface area contributed by atoms with Crippen molar-refractivity contribution in [3.8, 4) is 5.75 Å². The van der Waals surface area contributed by atoms with Gasteiger partial charge in [0.05, 0.1) is 12.8 Å². The van der Waals surface area contributed by atoms with E-state index >= 15 is 0 Å². The fraction of sp³-hybridized carbons (Fsp3) is 0.450. The van der Waals surface area contributed by atoms with Crippen LogP contribution >= 0.6 is 24.0 Å². The molecule has 1 saturated heterocycles. The van der Waals surface area contributed by atoms with Crippen molar-refractivity contribution in [2.75, 3.05) is 45.2 Å². The van der Waals surface area contributed by atoms with Crippen LogP contribution in [0, 0.1) is 13.8 Å². The van der Waals surface area contributed by atoms with Crippen molar-refractivity contribution in [2.45, 2.75) is 20.4 Å². The van der Waals surface area contributed by atoms with E-state index in [2.05, 4.69) is 38.3 Å². The Morgan fingerprint density at radius 1 is 1.19 bits per heavy atom. The van der Waals surface area contributed by atoms with E-state index in [1.807, 2.05) is 33.0 Å². The van der Waals surface area contributed by atoms with Crippen molar-refractivity contribution >= 4 is 35.6 Å². The number of guanidine groups is 1. The third-order valence-electron chi connectivity index (χ3n) is 4.80. The van der Waals surface area contributed by atoms with Crippen LogP contribution < -0.4 is 15.0 Å².